The maximum atomic E-state index is 12.8. The molecule has 2 rings (SSSR count). The molecule has 2 fully saturated rings. The number of hydrogen-bond donors (Lipinski definition) is 2. The smallest absolute Gasteiger partial charge is 0.262 e. The molecule has 0 radical (unpaired) electrons. The molecule has 0 aromatic carbocycles. The molecule has 0 bridgehead atoms. The first-order valence-electron chi connectivity index (χ1n) is 5.57. The van der Waals surface area contributed by atoms with Crippen molar-refractivity contribution in [1.82, 2.24) is 10.6 Å². The van der Waals surface area contributed by atoms with E-state index in [9.17, 15) is 13.6 Å². The fourth-order valence-electron chi connectivity index (χ4n) is 2.04. The Morgan fingerprint density at radius 3 is 2.94 bits per heavy atom. The van der Waals surface area contributed by atoms with Crippen LogP contribution in [-0.2, 0) is 4.79 Å². The summed E-state index contributed by atoms with van der Waals surface area (Å²) in [6.45, 7) is 0.219. The summed E-state index contributed by atoms with van der Waals surface area (Å²) in [7, 11) is 0. The molecule has 2 heterocycles. The number of hydrogen-bond acceptors (Lipinski definition) is 3. The lowest BCUT2D eigenvalue weighted by molar-refractivity contribution is -0.123. The molecule has 3 nitrogen and oxygen atoms in total. The van der Waals surface area contributed by atoms with E-state index in [0.717, 1.165) is 12.2 Å². The van der Waals surface area contributed by atoms with E-state index in [1.165, 1.54) is 6.42 Å². The summed E-state index contributed by atoms with van der Waals surface area (Å²) in [6, 6.07) is -0.721. The van der Waals surface area contributed by atoms with Crippen molar-refractivity contribution in [2.24, 2.45) is 0 Å². The van der Waals surface area contributed by atoms with Gasteiger partial charge in [0.15, 0.2) is 0 Å². The average molecular weight is 250 g/mol. The summed E-state index contributed by atoms with van der Waals surface area (Å²) in [5, 5.41) is 5.77. The lowest BCUT2D eigenvalue weighted by atomic mass is 10.2. The van der Waals surface area contributed by atoms with Crippen molar-refractivity contribution in [1.29, 1.82) is 0 Å². The van der Waals surface area contributed by atoms with Crippen LogP contribution in [0, 0.1) is 0 Å². The third-order valence-electron chi connectivity index (χ3n) is 2.95. The van der Waals surface area contributed by atoms with Crippen LogP contribution in [0.1, 0.15) is 19.3 Å². The van der Waals surface area contributed by atoms with Crippen molar-refractivity contribution < 1.29 is 13.6 Å². The van der Waals surface area contributed by atoms with E-state index in [-0.39, 0.29) is 18.9 Å². The molecule has 2 aliphatic heterocycles. The van der Waals surface area contributed by atoms with Gasteiger partial charge in [0.05, 0.1) is 12.6 Å². The first-order chi connectivity index (χ1) is 7.57. The Morgan fingerprint density at radius 1 is 1.56 bits per heavy atom. The summed E-state index contributed by atoms with van der Waals surface area (Å²) in [4.78, 5) is 11.6. The Bertz CT molecular complexity index is 270. The van der Waals surface area contributed by atoms with Crippen LogP contribution in [0.25, 0.3) is 0 Å². The molecule has 2 N–H and O–H groups in total. The standard InChI is InChI=1S/C10H16F2N2OS/c11-10(12)4-8(14-6-10)9(15)13-5-7-2-1-3-16-7/h7-8,14H,1-6H2,(H,13,15). The highest BCUT2D eigenvalue weighted by Crippen LogP contribution is 2.26. The first kappa shape index (κ1) is 12.1. The van der Waals surface area contributed by atoms with E-state index in [0.29, 0.717) is 11.8 Å². The number of amides is 1. The third-order valence-corrected chi connectivity index (χ3v) is 4.35. The molecule has 6 heteroatoms. The van der Waals surface area contributed by atoms with Crippen LogP contribution >= 0.6 is 11.8 Å². The van der Waals surface area contributed by atoms with Crippen molar-refractivity contribution in [3.8, 4) is 0 Å². The van der Waals surface area contributed by atoms with Gasteiger partial charge in [-0.25, -0.2) is 8.78 Å². The Hall–Kier alpha value is -0.360. The number of halogens is 2. The highest BCUT2D eigenvalue weighted by Gasteiger charge is 2.42. The summed E-state index contributed by atoms with van der Waals surface area (Å²) >= 11 is 1.84. The van der Waals surface area contributed by atoms with E-state index >= 15 is 0 Å². The number of rotatable bonds is 3. The second-order valence-electron chi connectivity index (χ2n) is 4.37. The molecule has 92 valence electrons. The van der Waals surface area contributed by atoms with E-state index in [1.54, 1.807) is 0 Å². The van der Waals surface area contributed by atoms with Crippen molar-refractivity contribution in [2.75, 3.05) is 18.8 Å². The molecule has 0 aromatic heterocycles. The molecule has 0 aliphatic carbocycles. The molecular formula is C10H16F2N2OS. The van der Waals surface area contributed by atoms with Gasteiger partial charge in [-0.2, -0.15) is 11.8 Å². The molecule has 2 saturated heterocycles. The number of thioether (sulfide) groups is 1. The van der Waals surface area contributed by atoms with Gasteiger partial charge in [0.2, 0.25) is 5.91 Å². The lowest BCUT2D eigenvalue weighted by Crippen LogP contribution is -2.42. The predicted molar refractivity (Wildman–Crippen MR) is 59.8 cm³/mol. The topological polar surface area (TPSA) is 41.1 Å². The second kappa shape index (κ2) is 4.87. The van der Waals surface area contributed by atoms with Crippen LogP contribution in [0.5, 0.6) is 0 Å². The molecule has 0 saturated carbocycles. The largest absolute Gasteiger partial charge is 0.354 e. The van der Waals surface area contributed by atoms with Crippen molar-refractivity contribution in [3.05, 3.63) is 0 Å². The van der Waals surface area contributed by atoms with Gasteiger partial charge in [-0.1, -0.05) is 0 Å². The third kappa shape index (κ3) is 3.07. The Labute approximate surface area is 97.7 Å². The molecule has 2 aliphatic rings. The second-order valence-corrected chi connectivity index (χ2v) is 5.78. The molecule has 2 unspecified atom stereocenters. The van der Waals surface area contributed by atoms with Gasteiger partial charge in [0.25, 0.3) is 5.92 Å². The highest BCUT2D eigenvalue weighted by atomic mass is 32.2. The number of nitrogens with one attached hydrogen (secondary N) is 2. The van der Waals surface area contributed by atoms with Crippen LogP contribution in [0.15, 0.2) is 0 Å². The number of carbonyl (C=O) groups excluding carboxylic acids is 1. The molecule has 16 heavy (non-hydrogen) atoms. The van der Waals surface area contributed by atoms with Gasteiger partial charge in [-0.05, 0) is 18.6 Å². The lowest BCUT2D eigenvalue weighted by Gasteiger charge is -2.13. The van der Waals surface area contributed by atoms with Crippen molar-refractivity contribution >= 4 is 17.7 Å². The maximum absolute atomic E-state index is 12.8. The average Bonchev–Trinajstić information content (AvgIpc) is 2.83. The van der Waals surface area contributed by atoms with E-state index in [1.807, 2.05) is 11.8 Å². The van der Waals surface area contributed by atoms with Gasteiger partial charge in [-0.15, -0.1) is 0 Å². The van der Waals surface area contributed by atoms with Crippen LogP contribution in [0.4, 0.5) is 8.78 Å². The summed E-state index contributed by atoms with van der Waals surface area (Å²) in [6.07, 6.45) is 1.92. The van der Waals surface area contributed by atoms with Crippen LogP contribution < -0.4 is 10.6 Å². The fraction of sp³-hybridized carbons (Fsp3) is 0.900. The summed E-state index contributed by atoms with van der Waals surface area (Å²) in [5.41, 5.74) is 0. The molecule has 0 aromatic rings. The molecular weight excluding hydrogens is 234 g/mol. The van der Waals surface area contributed by atoms with Gasteiger partial charge >= 0.3 is 0 Å². The Morgan fingerprint density at radius 2 is 2.38 bits per heavy atom. The van der Waals surface area contributed by atoms with Gasteiger partial charge in [0.1, 0.15) is 0 Å². The summed E-state index contributed by atoms with van der Waals surface area (Å²) in [5.74, 6) is -1.88. The zero-order valence-electron chi connectivity index (χ0n) is 8.97. The minimum absolute atomic E-state index is 0.287. The van der Waals surface area contributed by atoms with Gasteiger partial charge in [-0.3, -0.25) is 10.1 Å². The van der Waals surface area contributed by atoms with Crippen LogP contribution in [-0.4, -0.2) is 42.0 Å². The van der Waals surface area contributed by atoms with E-state index < -0.39 is 12.0 Å². The Kier molecular flexibility index (Phi) is 3.69. The van der Waals surface area contributed by atoms with Crippen molar-refractivity contribution in [2.45, 2.75) is 36.5 Å². The minimum atomic E-state index is -2.73. The quantitative estimate of drug-likeness (QED) is 0.785. The zero-order chi connectivity index (χ0) is 11.6. The van der Waals surface area contributed by atoms with Crippen molar-refractivity contribution in [3.63, 3.8) is 0 Å². The maximum Gasteiger partial charge on any atom is 0.262 e. The van der Waals surface area contributed by atoms with E-state index in [2.05, 4.69) is 10.6 Å². The SMILES string of the molecule is O=C(NCC1CCCS1)C1CC(F)(F)CN1. The number of carbonyl (C=O) groups is 1. The zero-order valence-corrected chi connectivity index (χ0v) is 9.79. The van der Waals surface area contributed by atoms with E-state index in [4.69, 9.17) is 0 Å². The van der Waals surface area contributed by atoms with Gasteiger partial charge < -0.3 is 5.32 Å². The normalized spacial score (nSPS) is 32.9. The fourth-order valence-corrected chi connectivity index (χ4v) is 3.25. The number of alkyl halides is 2. The summed E-state index contributed by atoms with van der Waals surface area (Å²) < 4.78 is 25.7. The van der Waals surface area contributed by atoms with Crippen LogP contribution in [0.2, 0.25) is 0 Å². The minimum Gasteiger partial charge on any atom is -0.354 e. The highest BCUT2D eigenvalue weighted by molar-refractivity contribution is 8.00. The Balaban J connectivity index is 1.71. The van der Waals surface area contributed by atoms with Crippen LogP contribution in [0.3, 0.4) is 0 Å². The van der Waals surface area contributed by atoms with Gasteiger partial charge in [0, 0.05) is 18.2 Å². The molecule has 1 amide bonds. The molecule has 2 atom stereocenters. The first-order valence-corrected chi connectivity index (χ1v) is 6.62. The predicted octanol–water partition coefficient (Wildman–Crippen LogP) is 0.995. The molecule has 0 spiro atoms. The monoisotopic (exact) mass is 250 g/mol.